The Morgan fingerprint density at radius 3 is 2.40 bits per heavy atom. The van der Waals surface area contributed by atoms with Gasteiger partial charge in [0, 0.05) is 23.2 Å². The molecule has 0 spiro atoms. The van der Waals surface area contributed by atoms with Gasteiger partial charge in [0.15, 0.2) is 0 Å². The number of rotatable bonds is 2. The predicted molar refractivity (Wildman–Crippen MR) is 61.0 cm³/mol. The first kappa shape index (κ1) is 11.1. The fourth-order valence-corrected chi connectivity index (χ4v) is 1.01. The topological polar surface area (TPSA) is 55.1 Å². The average molecular weight is 202 g/mol. The van der Waals surface area contributed by atoms with E-state index in [1.54, 1.807) is 12.1 Å². The number of benzene rings is 1. The van der Waals surface area contributed by atoms with Crippen LogP contribution in [0.1, 0.15) is 19.4 Å². The van der Waals surface area contributed by atoms with Gasteiger partial charge in [0.1, 0.15) is 0 Å². The first-order valence-corrected chi connectivity index (χ1v) is 4.76. The molecule has 0 radical (unpaired) electrons. The SMILES string of the molecule is CC(C)C(=O)Nc1ccc(C#CN)cc1. The lowest BCUT2D eigenvalue weighted by atomic mass is 10.2. The Labute approximate surface area is 89.7 Å². The van der Waals surface area contributed by atoms with Gasteiger partial charge in [-0.1, -0.05) is 13.8 Å². The van der Waals surface area contributed by atoms with Crippen LogP contribution in [0.25, 0.3) is 0 Å². The summed E-state index contributed by atoms with van der Waals surface area (Å²) in [6.45, 7) is 3.70. The highest BCUT2D eigenvalue weighted by molar-refractivity contribution is 5.92. The summed E-state index contributed by atoms with van der Waals surface area (Å²) in [7, 11) is 0. The van der Waals surface area contributed by atoms with Gasteiger partial charge in [0.2, 0.25) is 5.91 Å². The molecule has 1 aromatic carbocycles. The highest BCUT2D eigenvalue weighted by Gasteiger charge is 2.06. The van der Waals surface area contributed by atoms with E-state index in [0.29, 0.717) is 0 Å². The number of carbonyl (C=O) groups excluding carboxylic acids is 1. The van der Waals surface area contributed by atoms with Crippen molar-refractivity contribution in [2.75, 3.05) is 5.32 Å². The van der Waals surface area contributed by atoms with Gasteiger partial charge in [-0.05, 0) is 30.2 Å². The molecule has 3 nitrogen and oxygen atoms in total. The molecule has 0 saturated carbocycles. The fraction of sp³-hybridized carbons (Fsp3) is 0.250. The van der Waals surface area contributed by atoms with Crippen LogP contribution >= 0.6 is 0 Å². The molecule has 3 heteroatoms. The van der Waals surface area contributed by atoms with Crippen LogP contribution in [0.3, 0.4) is 0 Å². The van der Waals surface area contributed by atoms with Crippen molar-refractivity contribution >= 4 is 11.6 Å². The van der Waals surface area contributed by atoms with E-state index < -0.39 is 0 Å². The van der Waals surface area contributed by atoms with Crippen LogP contribution in [0.5, 0.6) is 0 Å². The van der Waals surface area contributed by atoms with Crippen molar-refractivity contribution < 1.29 is 4.79 Å². The van der Waals surface area contributed by atoms with Gasteiger partial charge in [-0.25, -0.2) is 0 Å². The second-order valence-electron chi connectivity index (χ2n) is 3.49. The number of amides is 1. The standard InChI is InChI=1S/C12H14N2O/c1-9(2)12(15)14-11-5-3-10(4-6-11)7-8-13/h3-6,9H,13H2,1-2H3,(H,14,15). The van der Waals surface area contributed by atoms with Crippen molar-refractivity contribution in [1.29, 1.82) is 0 Å². The molecule has 0 aliphatic rings. The number of carbonyl (C=O) groups is 1. The van der Waals surface area contributed by atoms with E-state index in [1.807, 2.05) is 26.0 Å². The summed E-state index contributed by atoms with van der Waals surface area (Å²) in [5.41, 5.74) is 6.70. The summed E-state index contributed by atoms with van der Waals surface area (Å²) in [5, 5.41) is 2.79. The normalized spacial score (nSPS) is 9.27. The lowest BCUT2D eigenvalue weighted by molar-refractivity contribution is -0.118. The molecule has 0 aliphatic heterocycles. The molecular formula is C12H14N2O. The number of anilines is 1. The minimum atomic E-state index is -0.0199. The molecular weight excluding hydrogens is 188 g/mol. The number of nitrogens with two attached hydrogens (primary N) is 1. The largest absolute Gasteiger partial charge is 0.359 e. The Kier molecular flexibility index (Phi) is 3.75. The molecule has 0 aromatic heterocycles. The number of hydrogen-bond acceptors (Lipinski definition) is 2. The van der Waals surface area contributed by atoms with Crippen molar-refractivity contribution in [1.82, 2.24) is 0 Å². The Morgan fingerprint density at radius 1 is 1.33 bits per heavy atom. The van der Waals surface area contributed by atoms with Gasteiger partial charge in [-0.15, -0.1) is 0 Å². The van der Waals surface area contributed by atoms with Crippen molar-refractivity contribution in [2.24, 2.45) is 11.7 Å². The van der Waals surface area contributed by atoms with Crippen LogP contribution in [0.2, 0.25) is 0 Å². The molecule has 15 heavy (non-hydrogen) atoms. The molecule has 3 N–H and O–H groups in total. The Bertz CT molecular complexity index is 396. The monoisotopic (exact) mass is 202 g/mol. The fourth-order valence-electron chi connectivity index (χ4n) is 1.01. The van der Waals surface area contributed by atoms with E-state index in [2.05, 4.69) is 17.3 Å². The maximum absolute atomic E-state index is 11.4. The molecule has 0 unspecified atom stereocenters. The number of nitrogens with one attached hydrogen (secondary N) is 1. The second kappa shape index (κ2) is 5.06. The highest BCUT2D eigenvalue weighted by atomic mass is 16.1. The van der Waals surface area contributed by atoms with E-state index in [9.17, 15) is 4.79 Å². The van der Waals surface area contributed by atoms with Crippen molar-refractivity contribution in [3.8, 4) is 12.0 Å². The lowest BCUT2D eigenvalue weighted by Crippen LogP contribution is -2.17. The third-order valence-electron chi connectivity index (χ3n) is 1.89. The molecule has 0 aliphatic carbocycles. The summed E-state index contributed by atoms with van der Waals surface area (Å²) in [6, 6.07) is 9.57. The molecule has 0 fully saturated rings. The van der Waals surface area contributed by atoms with Gasteiger partial charge in [-0.2, -0.15) is 0 Å². The maximum Gasteiger partial charge on any atom is 0.226 e. The minimum absolute atomic E-state index is 0.00709. The van der Waals surface area contributed by atoms with Gasteiger partial charge in [0.05, 0.1) is 0 Å². The van der Waals surface area contributed by atoms with Crippen LogP contribution in [0.4, 0.5) is 5.69 Å². The van der Waals surface area contributed by atoms with E-state index in [4.69, 9.17) is 5.73 Å². The van der Waals surface area contributed by atoms with Crippen molar-refractivity contribution in [3.05, 3.63) is 29.8 Å². The zero-order chi connectivity index (χ0) is 11.3. The summed E-state index contributed by atoms with van der Waals surface area (Å²) < 4.78 is 0. The third kappa shape index (κ3) is 3.35. The van der Waals surface area contributed by atoms with Crippen LogP contribution in [0, 0.1) is 17.9 Å². The van der Waals surface area contributed by atoms with Crippen LogP contribution in [-0.2, 0) is 4.79 Å². The van der Waals surface area contributed by atoms with Gasteiger partial charge in [-0.3, -0.25) is 4.79 Å². The summed E-state index contributed by atoms with van der Waals surface area (Å²) in [4.78, 5) is 11.4. The summed E-state index contributed by atoms with van der Waals surface area (Å²) in [6.07, 6.45) is 0. The van der Waals surface area contributed by atoms with Crippen molar-refractivity contribution in [2.45, 2.75) is 13.8 Å². The quantitative estimate of drug-likeness (QED) is 0.564. The second-order valence-corrected chi connectivity index (χ2v) is 3.49. The van der Waals surface area contributed by atoms with Gasteiger partial charge >= 0.3 is 0 Å². The van der Waals surface area contributed by atoms with Crippen LogP contribution in [0.15, 0.2) is 24.3 Å². The van der Waals surface area contributed by atoms with Gasteiger partial charge in [0.25, 0.3) is 0 Å². The Morgan fingerprint density at radius 2 is 1.93 bits per heavy atom. The molecule has 0 saturated heterocycles. The highest BCUT2D eigenvalue weighted by Crippen LogP contribution is 2.10. The number of hydrogen-bond donors (Lipinski definition) is 2. The first-order valence-electron chi connectivity index (χ1n) is 4.76. The van der Waals surface area contributed by atoms with E-state index in [-0.39, 0.29) is 11.8 Å². The first-order chi connectivity index (χ1) is 7.13. The molecule has 0 atom stereocenters. The Hall–Kier alpha value is -1.95. The average Bonchev–Trinajstić information content (AvgIpc) is 2.21. The zero-order valence-electron chi connectivity index (χ0n) is 8.87. The molecule has 0 bridgehead atoms. The zero-order valence-corrected chi connectivity index (χ0v) is 8.87. The maximum atomic E-state index is 11.4. The molecule has 1 aromatic rings. The van der Waals surface area contributed by atoms with Crippen LogP contribution < -0.4 is 11.1 Å². The summed E-state index contributed by atoms with van der Waals surface area (Å²) >= 11 is 0. The predicted octanol–water partition coefficient (Wildman–Crippen LogP) is 1.55. The molecule has 78 valence electrons. The van der Waals surface area contributed by atoms with Crippen molar-refractivity contribution in [3.63, 3.8) is 0 Å². The molecule has 0 heterocycles. The van der Waals surface area contributed by atoms with E-state index >= 15 is 0 Å². The lowest BCUT2D eigenvalue weighted by Gasteiger charge is -2.07. The molecule has 1 rings (SSSR count). The minimum Gasteiger partial charge on any atom is -0.359 e. The smallest absolute Gasteiger partial charge is 0.226 e. The summed E-state index contributed by atoms with van der Waals surface area (Å²) in [5.74, 6) is 2.71. The third-order valence-corrected chi connectivity index (χ3v) is 1.89. The van der Waals surface area contributed by atoms with Crippen LogP contribution in [-0.4, -0.2) is 5.91 Å². The van der Waals surface area contributed by atoms with E-state index in [1.165, 1.54) is 0 Å². The Balaban J connectivity index is 2.71. The van der Waals surface area contributed by atoms with Gasteiger partial charge < -0.3 is 11.1 Å². The molecule has 1 amide bonds. The van der Waals surface area contributed by atoms with E-state index in [0.717, 1.165) is 11.3 Å².